The van der Waals surface area contributed by atoms with Crippen LogP contribution in [0, 0.1) is 5.92 Å². The average molecular weight is 524 g/mol. The van der Waals surface area contributed by atoms with Crippen LogP contribution in [-0.2, 0) is 37.0 Å². The summed E-state index contributed by atoms with van der Waals surface area (Å²) in [6, 6.07) is 23.4. The number of hydrogen-bond donors (Lipinski definition) is 1. The Morgan fingerprint density at radius 3 is 1.65 bits per heavy atom. The zero-order valence-electron chi connectivity index (χ0n) is 21.0. The third-order valence-corrected chi connectivity index (χ3v) is 5.44. The fraction of sp³-hybridized carbons (Fsp3) is 0.276. The first-order valence-electron chi connectivity index (χ1n) is 11.8. The number of hydrogen-bond acceptors (Lipinski definition) is 6. The number of alkyl carbamates (subject to hydrolysis) is 1. The third-order valence-electron chi connectivity index (χ3n) is 5.19. The molecule has 0 aliphatic rings. The van der Waals surface area contributed by atoms with Gasteiger partial charge in [0, 0.05) is 5.02 Å². The number of amides is 1. The number of carbonyl (C=O) groups is 3. The van der Waals surface area contributed by atoms with E-state index in [1.54, 1.807) is 69.3 Å². The van der Waals surface area contributed by atoms with Gasteiger partial charge in [0.25, 0.3) is 0 Å². The summed E-state index contributed by atoms with van der Waals surface area (Å²) in [4.78, 5) is 39.5. The molecule has 0 aliphatic heterocycles. The lowest BCUT2D eigenvalue weighted by Gasteiger charge is -2.28. The van der Waals surface area contributed by atoms with Crippen LogP contribution in [-0.4, -0.2) is 23.6 Å². The normalized spacial score (nSPS) is 11.9. The molecule has 194 valence electrons. The molecule has 0 radical (unpaired) electrons. The minimum absolute atomic E-state index is 0.0537. The van der Waals surface area contributed by atoms with Gasteiger partial charge >= 0.3 is 18.0 Å². The first-order valence-corrected chi connectivity index (χ1v) is 12.2. The van der Waals surface area contributed by atoms with E-state index in [0.717, 1.165) is 11.1 Å². The summed E-state index contributed by atoms with van der Waals surface area (Å²) < 4.78 is 16.4. The van der Waals surface area contributed by atoms with E-state index < -0.39 is 35.6 Å². The summed E-state index contributed by atoms with van der Waals surface area (Å²) in [5, 5.41) is 3.12. The molecule has 1 N–H and O–H groups in total. The molecule has 0 aromatic heterocycles. The molecule has 0 heterocycles. The highest BCUT2D eigenvalue weighted by atomic mass is 35.5. The van der Waals surface area contributed by atoms with Gasteiger partial charge in [-0.15, -0.1) is 0 Å². The van der Waals surface area contributed by atoms with Crippen LogP contribution in [0.5, 0.6) is 0 Å². The van der Waals surface area contributed by atoms with E-state index in [1.807, 2.05) is 36.4 Å². The fourth-order valence-electron chi connectivity index (χ4n) is 3.47. The molecule has 37 heavy (non-hydrogen) atoms. The van der Waals surface area contributed by atoms with Crippen molar-refractivity contribution < 1.29 is 28.6 Å². The van der Waals surface area contributed by atoms with Gasteiger partial charge in [-0.05, 0) is 49.6 Å². The van der Waals surface area contributed by atoms with E-state index in [9.17, 15) is 14.4 Å². The highest BCUT2D eigenvalue weighted by molar-refractivity contribution is 6.30. The van der Waals surface area contributed by atoms with Crippen LogP contribution >= 0.6 is 11.6 Å². The maximum atomic E-state index is 13.4. The van der Waals surface area contributed by atoms with Gasteiger partial charge in [-0.3, -0.25) is 9.59 Å². The van der Waals surface area contributed by atoms with Crippen molar-refractivity contribution in [1.29, 1.82) is 0 Å². The Kier molecular flexibility index (Phi) is 9.69. The van der Waals surface area contributed by atoms with Crippen molar-refractivity contribution >= 4 is 29.6 Å². The molecule has 0 spiro atoms. The largest absolute Gasteiger partial charge is 0.460 e. The predicted octanol–water partition coefficient (Wildman–Crippen LogP) is 6.01. The lowest BCUT2D eigenvalue weighted by molar-refractivity contribution is -0.165. The number of rotatable bonds is 9. The van der Waals surface area contributed by atoms with Gasteiger partial charge in [-0.2, -0.15) is 0 Å². The Hall–Kier alpha value is -3.84. The standard InChI is InChI=1S/C29H30ClNO6/c1-29(2,3)37-28(34)31-25(22-14-16-23(30)17-15-22)24(26(32)35-18-20-10-6-4-7-11-20)27(33)36-19-21-12-8-5-9-13-21/h4-17,24-25H,18-19H2,1-3H3,(H,31,34)/t25-/m1/s1. The number of nitrogens with one attached hydrogen (secondary N) is 1. The monoisotopic (exact) mass is 523 g/mol. The van der Waals surface area contributed by atoms with E-state index in [2.05, 4.69) is 5.32 Å². The number of halogens is 1. The summed E-state index contributed by atoms with van der Waals surface area (Å²) in [6.07, 6.45) is -0.802. The Morgan fingerprint density at radius 2 is 1.22 bits per heavy atom. The molecule has 0 aliphatic carbocycles. The molecule has 0 unspecified atom stereocenters. The van der Waals surface area contributed by atoms with E-state index >= 15 is 0 Å². The Morgan fingerprint density at radius 1 is 0.757 bits per heavy atom. The molecule has 7 nitrogen and oxygen atoms in total. The zero-order chi connectivity index (χ0) is 26.8. The summed E-state index contributed by atoms with van der Waals surface area (Å²) >= 11 is 6.05. The van der Waals surface area contributed by atoms with Crippen molar-refractivity contribution in [1.82, 2.24) is 5.32 Å². The van der Waals surface area contributed by atoms with Crippen molar-refractivity contribution in [2.75, 3.05) is 0 Å². The molecule has 0 saturated carbocycles. The highest BCUT2D eigenvalue weighted by Gasteiger charge is 2.40. The lowest BCUT2D eigenvalue weighted by Crippen LogP contribution is -2.43. The van der Waals surface area contributed by atoms with Crippen molar-refractivity contribution in [2.45, 2.75) is 45.6 Å². The minimum Gasteiger partial charge on any atom is -0.460 e. The zero-order valence-corrected chi connectivity index (χ0v) is 21.7. The molecule has 1 atom stereocenters. The number of carbonyl (C=O) groups excluding carboxylic acids is 3. The smallest absolute Gasteiger partial charge is 0.408 e. The van der Waals surface area contributed by atoms with Gasteiger partial charge < -0.3 is 19.5 Å². The first-order chi connectivity index (χ1) is 17.6. The van der Waals surface area contributed by atoms with Gasteiger partial charge in [-0.25, -0.2) is 4.79 Å². The molecule has 0 fully saturated rings. The quantitative estimate of drug-likeness (QED) is 0.210. The van der Waals surface area contributed by atoms with E-state index in [4.69, 9.17) is 25.8 Å². The second-order valence-electron chi connectivity index (χ2n) is 9.34. The van der Waals surface area contributed by atoms with Crippen molar-refractivity contribution in [3.05, 3.63) is 107 Å². The predicted molar refractivity (Wildman–Crippen MR) is 140 cm³/mol. The molecular formula is C29H30ClNO6. The van der Waals surface area contributed by atoms with Crippen molar-refractivity contribution in [2.24, 2.45) is 5.92 Å². The van der Waals surface area contributed by atoms with Crippen LogP contribution in [0.3, 0.4) is 0 Å². The summed E-state index contributed by atoms with van der Waals surface area (Å²) in [5.41, 5.74) is 1.14. The lowest BCUT2D eigenvalue weighted by atomic mass is 9.92. The number of benzene rings is 3. The Labute approximate surface area is 221 Å². The minimum atomic E-state index is -1.51. The van der Waals surface area contributed by atoms with E-state index in [-0.39, 0.29) is 13.2 Å². The molecule has 3 aromatic rings. The van der Waals surface area contributed by atoms with E-state index in [1.165, 1.54) is 0 Å². The third kappa shape index (κ3) is 8.95. The average Bonchev–Trinajstić information content (AvgIpc) is 2.86. The maximum Gasteiger partial charge on any atom is 0.408 e. The second-order valence-corrected chi connectivity index (χ2v) is 9.78. The Balaban J connectivity index is 1.91. The van der Waals surface area contributed by atoms with Crippen molar-refractivity contribution in [3.8, 4) is 0 Å². The molecule has 3 rings (SSSR count). The molecular weight excluding hydrogens is 494 g/mol. The molecule has 3 aromatic carbocycles. The fourth-order valence-corrected chi connectivity index (χ4v) is 3.60. The molecule has 1 amide bonds. The topological polar surface area (TPSA) is 90.9 Å². The summed E-state index contributed by atoms with van der Waals surface area (Å²) in [7, 11) is 0. The SMILES string of the molecule is CC(C)(C)OC(=O)N[C@H](c1ccc(Cl)cc1)C(C(=O)OCc1ccccc1)C(=O)OCc1ccccc1. The second kappa shape index (κ2) is 12.9. The van der Waals surface area contributed by atoms with Gasteiger partial charge in [0.1, 0.15) is 18.8 Å². The van der Waals surface area contributed by atoms with Crippen LogP contribution in [0.1, 0.15) is 43.5 Å². The summed E-state index contributed by atoms with van der Waals surface area (Å²) in [6.45, 7) is 5.03. The molecule has 0 saturated heterocycles. The molecule has 8 heteroatoms. The van der Waals surface area contributed by atoms with Crippen LogP contribution in [0.4, 0.5) is 4.79 Å². The van der Waals surface area contributed by atoms with Crippen LogP contribution in [0.2, 0.25) is 5.02 Å². The maximum absolute atomic E-state index is 13.4. The number of ether oxygens (including phenoxy) is 3. The van der Waals surface area contributed by atoms with Gasteiger partial charge in [0.2, 0.25) is 0 Å². The van der Waals surface area contributed by atoms with Crippen LogP contribution in [0.15, 0.2) is 84.9 Å². The summed E-state index contributed by atoms with van der Waals surface area (Å²) in [5.74, 6) is -3.21. The van der Waals surface area contributed by atoms with Gasteiger partial charge in [-0.1, -0.05) is 84.4 Å². The first kappa shape index (κ1) is 27.7. The van der Waals surface area contributed by atoms with Gasteiger partial charge in [0.05, 0.1) is 6.04 Å². The Bertz CT molecular complexity index is 1120. The number of esters is 2. The molecule has 0 bridgehead atoms. The highest BCUT2D eigenvalue weighted by Crippen LogP contribution is 2.28. The van der Waals surface area contributed by atoms with Gasteiger partial charge in [0.15, 0.2) is 5.92 Å². The van der Waals surface area contributed by atoms with Crippen molar-refractivity contribution in [3.63, 3.8) is 0 Å². The van der Waals surface area contributed by atoms with Crippen LogP contribution < -0.4 is 5.32 Å². The van der Waals surface area contributed by atoms with Crippen LogP contribution in [0.25, 0.3) is 0 Å². The van der Waals surface area contributed by atoms with E-state index in [0.29, 0.717) is 10.6 Å².